The summed E-state index contributed by atoms with van der Waals surface area (Å²) in [5.41, 5.74) is 1.02. The minimum atomic E-state index is -0.419. The van der Waals surface area contributed by atoms with E-state index in [4.69, 9.17) is 4.42 Å². The van der Waals surface area contributed by atoms with E-state index < -0.39 is 5.76 Å². The highest BCUT2D eigenvalue weighted by molar-refractivity contribution is 5.75. The molecule has 0 N–H and O–H groups in total. The summed E-state index contributed by atoms with van der Waals surface area (Å²) in [6.45, 7) is 2.00. The van der Waals surface area contributed by atoms with Crippen LogP contribution in [0.25, 0.3) is 11.2 Å². The smallest absolute Gasteiger partial charge is 0.406 e. The van der Waals surface area contributed by atoms with Crippen molar-refractivity contribution in [1.29, 1.82) is 0 Å². The van der Waals surface area contributed by atoms with Gasteiger partial charge in [-0.25, -0.2) is 9.78 Å². The number of aryl methyl sites for hydroxylation is 1. The molecule has 16 heavy (non-hydrogen) atoms. The van der Waals surface area contributed by atoms with Crippen molar-refractivity contribution in [1.82, 2.24) is 9.55 Å². The fraction of sp³-hybridized carbons (Fsp3) is 0.364. The molecule has 0 aliphatic rings. The Hall–Kier alpha value is -1.91. The zero-order chi connectivity index (χ0) is 11.5. The van der Waals surface area contributed by atoms with E-state index in [0.717, 1.165) is 0 Å². The number of oxazole rings is 1. The summed E-state index contributed by atoms with van der Waals surface area (Å²) in [6.07, 6.45) is 2.70. The number of pyridine rings is 1. The van der Waals surface area contributed by atoms with Crippen molar-refractivity contribution in [2.45, 2.75) is 26.3 Å². The maximum Gasteiger partial charge on any atom is 0.421 e. The fourth-order valence-corrected chi connectivity index (χ4v) is 1.58. The Morgan fingerprint density at radius 3 is 3.12 bits per heavy atom. The monoisotopic (exact) mass is 220 g/mol. The lowest BCUT2D eigenvalue weighted by atomic mass is 10.2. The molecule has 0 saturated carbocycles. The van der Waals surface area contributed by atoms with Crippen molar-refractivity contribution < 1.29 is 9.21 Å². The number of nitrogens with zero attached hydrogens (tertiary/aromatic N) is 2. The lowest BCUT2D eigenvalue weighted by molar-refractivity contribution is -0.117. The molecule has 0 spiro atoms. The molecular formula is C11H12N2O3. The molecule has 0 aliphatic carbocycles. The second-order valence-corrected chi connectivity index (χ2v) is 3.65. The standard InChI is InChI=1S/C11H12N2O3/c1-8(14)4-3-7-13-10-9(16-11(13)15)5-2-6-12-10/h2,5-6H,3-4,7H2,1H3. The first-order valence-corrected chi connectivity index (χ1v) is 5.12. The van der Waals surface area contributed by atoms with Gasteiger partial charge < -0.3 is 9.21 Å². The van der Waals surface area contributed by atoms with Crippen molar-refractivity contribution in [3.05, 3.63) is 28.9 Å². The van der Waals surface area contributed by atoms with Crippen LogP contribution in [0, 0.1) is 0 Å². The van der Waals surface area contributed by atoms with E-state index in [1.54, 1.807) is 18.3 Å². The molecule has 0 unspecified atom stereocenters. The van der Waals surface area contributed by atoms with Crippen LogP contribution in [0.2, 0.25) is 0 Å². The Labute approximate surface area is 91.7 Å². The number of carbonyl (C=O) groups is 1. The van der Waals surface area contributed by atoms with Crippen LogP contribution in [0.1, 0.15) is 19.8 Å². The van der Waals surface area contributed by atoms with Gasteiger partial charge in [0.15, 0.2) is 11.2 Å². The first kappa shape index (κ1) is 10.6. The summed E-state index contributed by atoms with van der Waals surface area (Å²) < 4.78 is 6.47. The molecule has 0 fully saturated rings. The Bertz CT molecular complexity index is 568. The number of carbonyl (C=O) groups excluding carboxylic acids is 1. The predicted octanol–water partition coefficient (Wildman–Crippen LogP) is 1.36. The zero-order valence-electron chi connectivity index (χ0n) is 8.97. The highest BCUT2D eigenvalue weighted by Crippen LogP contribution is 2.09. The molecule has 5 heteroatoms. The van der Waals surface area contributed by atoms with Crippen LogP contribution >= 0.6 is 0 Å². The number of rotatable bonds is 4. The average molecular weight is 220 g/mol. The van der Waals surface area contributed by atoms with Crippen molar-refractivity contribution in [3.8, 4) is 0 Å². The number of Topliss-reactive ketones (excluding diaryl/α,β-unsaturated/α-hetero) is 1. The summed E-state index contributed by atoms with van der Waals surface area (Å²) in [5.74, 6) is -0.300. The lowest BCUT2D eigenvalue weighted by Crippen LogP contribution is -2.15. The van der Waals surface area contributed by atoms with Crippen LogP contribution in [0.5, 0.6) is 0 Å². The van der Waals surface area contributed by atoms with Gasteiger partial charge in [0.05, 0.1) is 0 Å². The molecule has 0 bridgehead atoms. The van der Waals surface area contributed by atoms with Crippen LogP contribution < -0.4 is 5.76 Å². The highest BCUT2D eigenvalue weighted by Gasteiger charge is 2.09. The van der Waals surface area contributed by atoms with E-state index in [2.05, 4.69) is 4.98 Å². The number of hydrogen-bond acceptors (Lipinski definition) is 4. The molecule has 2 aromatic rings. The van der Waals surface area contributed by atoms with Crippen molar-refractivity contribution in [3.63, 3.8) is 0 Å². The fourth-order valence-electron chi connectivity index (χ4n) is 1.58. The van der Waals surface area contributed by atoms with Gasteiger partial charge in [-0.1, -0.05) is 0 Å². The summed E-state index contributed by atoms with van der Waals surface area (Å²) >= 11 is 0. The van der Waals surface area contributed by atoms with Crippen LogP contribution in [0.15, 0.2) is 27.5 Å². The quantitative estimate of drug-likeness (QED) is 0.780. The molecule has 0 saturated heterocycles. The van der Waals surface area contributed by atoms with Gasteiger partial charge in [-0.3, -0.25) is 4.57 Å². The third kappa shape index (κ3) is 2.03. The topological polar surface area (TPSA) is 65.1 Å². The molecule has 0 radical (unpaired) electrons. The molecule has 0 atom stereocenters. The summed E-state index contributed by atoms with van der Waals surface area (Å²) in [4.78, 5) is 26.4. The van der Waals surface area contributed by atoms with Gasteiger partial charge in [0, 0.05) is 19.2 Å². The summed E-state index contributed by atoms with van der Waals surface area (Å²) in [6, 6.07) is 3.41. The van der Waals surface area contributed by atoms with E-state index >= 15 is 0 Å². The van der Waals surface area contributed by atoms with E-state index in [1.807, 2.05) is 0 Å². The predicted molar refractivity (Wildman–Crippen MR) is 58.2 cm³/mol. The minimum absolute atomic E-state index is 0.119. The van der Waals surface area contributed by atoms with Crippen LogP contribution in [-0.4, -0.2) is 15.3 Å². The van der Waals surface area contributed by atoms with Gasteiger partial charge in [0.2, 0.25) is 0 Å². The van der Waals surface area contributed by atoms with Crippen molar-refractivity contribution >= 4 is 17.0 Å². The van der Waals surface area contributed by atoms with Gasteiger partial charge in [-0.2, -0.15) is 0 Å². The second-order valence-electron chi connectivity index (χ2n) is 3.65. The van der Waals surface area contributed by atoms with Gasteiger partial charge in [0.1, 0.15) is 5.78 Å². The number of aromatic nitrogens is 2. The first-order chi connectivity index (χ1) is 7.68. The van der Waals surface area contributed by atoms with Crippen LogP contribution in [-0.2, 0) is 11.3 Å². The molecule has 84 valence electrons. The van der Waals surface area contributed by atoms with Crippen LogP contribution in [0.3, 0.4) is 0 Å². The lowest BCUT2D eigenvalue weighted by Gasteiger charge is -1.99. The Kier molecular flexibility index (Phi) is 2.85. The number of fused-ring (bicyclic) bond motifs is 1. The molecule has 0 aliphatic heterocycles. The van der Waals surface area contributed by atoms with E-state index in [0.29, 0.717) is 30.6 Å². The molecule has 2 aromatic heterocycles. The maximum absolute atomic E-state index is 11.5. The maximum atomic E-state index is 11.5. The number of ketones is 1. The molecule has 0 amide bonds. The van der Waals surface area contributed by atoms with Gasteiger partial charge in [-0.05, 0) is 25.5 Å². The van der Waals surface area contributed by atoms with Crippen molar-refractivity contribution in [2.75, 3.05) is 0 Å². The molecule has 2 heterocycles. The Balaban J connectivity index is 2.26. The van der Waals surface area contributed by atoms with E-state index in [1.165, 1.54) is 11.5 Å². The number of hydrogen-bond donors (Lipinski definition) is 0. The second kappa shape index (κ2) is 4.30. The normalized spacial score (nSPS) is 10.8. The summed E-state index contributed by atoms with van der Waals surface area (Å²) in [5, 5.41) is 0. The van der Waals surface area contributed by atoms with Crippen molar-refractivity contribution in [2.24, 2.45) is 0 Å². The Morgan fingerprint density at radius 1 is 1.56 bits per heavy atom. The third-order valence-electron chi connectivity index (χ3n) is 2.33. The van der Waals surface area contributed by atoms with E-state index in [-0.39, 0.29) is 5.78 Å². The SMILES string of the molecule is CC(=O)CCCn1c(=O)oc2cccnc21. The van der Waals surface area contributed by atoms with Gasteiger partial charge >= 0.3 is 5.76 Å². The molecule has 2 rings (SSSR count). The third-order valence-corrected chi connectivity index (χ3v) is 2.33. The van der Waals surface area contributed by atoms with Gasteiger partial charge in [-0.15, -0.1) is 0 Å². The van der Waals surface area contributed by atoms with Crippen LogP contribution in [0.4, 0.5) is 0 Å². The average Bonchev–Trinajstić information content (AvgIpc) is 2.55. The highest BCUT2D eigenvalue weighted by atomic mass is 16.4. The molecule has 5 nitrogen and oxygen atoms in total. The first-order valence-electron chi connectivity index (χ1n) is 5.12. The Morgan fingerprint density at radius 2 is 2.38 bits per heavy atom. The zero-order valence-corrected chi connectivity index (χ0v) is 8.97. The minimum Gasteiger partial charge on any atom is -0.406 e. The molecular weight excluding hydrogens is 208 g/mol. The largest absolute Gasteiger partial charge is 0.421 e. The summed E-state index contributed by atoms with van der Waals surface area (Å²) in [7, 11) is 0. The van der Waals surface area contributed by atoms with Gasteiger partial charge in [0.25, 0.3) is 0 Å². The van der Waals surface area contributed by atoms with E-state index in [9.17, 15) is 9.59 Å². The molecule has 0 aromatic carbocycles.